The summed E-state index contributed by atoms with van der Waals surface area (Å²) < 4.78 is 0. The zero-order valence-electron chi connectivity index (χ0n) is 7.83. The molecule has 0 fully saturated rings. The van der Waals surface area contributed by atoms with Crippen LogP contribution in [-0.2, 0) is 4.79 Å². The molecule has 0 radical (unpaired) electrons. The fourth-order valence-electron chi connectivity index (χ4n) is 1.16. The van der Waals surface area contributed by atoms with E-state index in [4.69, 9.17) is 5.73 Å². The normalized spacial score (nSPS) is 12.5. The second-order valence-electron chi connectivity index (χ2n) is 2.95. The van der Waals surface area contributed by atoms with Crippen LogP contribution in [0.4, 0.5) is 0 Å². The van der Waals surface area contributed by atoms with Gasteiger partial charge in [-0.15, -0.1) is 11.3 Å². The molecule has 0 aliphatic heterocycles. The van der Waals surface area contributed by atoms with Crippen molar-refractivity contribution < 1.29 is 4.79 Å². The Hall–Kier alpha value is -0.870. The molecule has 1 amide bonds. The Kier molecular flexibility index (Phi) is 3.45. The number of aryl methyl sites for hydroxylation is 1. The highest BCUT2D eigenvalue weighted by atomic mass is 32.1. The van der Waals surface area contributed by atoms with Crippen molar-refractivity contribution in [1.82, 2.24) is 5.32 Å². The van der Waals surface area contributed by atoms with Crippen LogP contribution in [0, 0.1) is 6.92 Å². The van der Waals surface area contributed by atoms with Crippen LogP contribution in [-0.4, -0.2) is 13.0 Å². The molecule has 1 rings (SSSR count). The van der Waals surface area contributed by atoms with Crippen LogP contribution in [0.5, 0.6) is 0 Å². The molecule has 0 aliphatic rings. The van der Waals surface area contributed by atoms with Crippen LogP contribution in [0.15, 0.2) is 11.4 Å². The van der Waals surface area contributed by atoms with Gasteiger partial charge in [0, 0.05) is 24.4 Å². The molecule has 1 atom stereocenters. The maximum absolute atomic E-state index is 11.0. The van der Waals surface area contributed by atoms with Crippen molar-refractivity contribution in [2.24, 2.45) is 5.73 Å². The van der Waals surface area contributed by atoms with Crippen LogP contribution >= 0.6 is 11.3 Å². The number of carbonyl (C=O) groups is 1. The van der Waals surface area contributed by atoms with Gasteiger partial charge in [0.2, 0.25) is 5.91 Å². The van der Waals surface area contributed by atoms with E-state index in [1.54, 1.807) is 18.4 Å². The molecule has 0 bridgehead atoms. The predicted octanol–water partition coefficient (Wildman–Crippen LogP) is 1.19. The summed E-state index contributed by atoms with van der Waals surface area (Å²) in [6.07, 6.45) is 0.359. The second kappa shape index (κ2) is 4.39. The van der Waals surface area contributed by atoms with Gasteiger partial charge in [0.05, 0.1) is 0 Å². The number of rotatable bonds is 3. The molecule has 1 aromatic heterocycles. The summed E-state index contributed by atoms with van der Waals surface area (Å²) in [7, 11) is 1.62. The van der Waals surface area contributed by atoms with Gasteiger partial charge in [-0.1, -0.05) is 0 Å². The van der Waals surface area contributed by atoms with E-state index < -0.39 is 0 Å². The van der Waals surface area contributed by atoms with E-state index in [-0.39, 0.29) is 11.9 Å². The van der Waals surface area contributed by atoms with Gasteiger partial charge in [-0.25, -0.2) is 0 Å². The number of hydrogen-bond acceptors (Lipinski definition) is 3. The summed E-state index contributed by atoms with van der Waals surface area (Å²) in [6.45, 7) is 2.01. The van der Waals surface area contributed by atoms with Gasteiger partial charge in [0.15, 0.2) is 0 Å². The first-order chi connectivity index (χ1) is 6.15. The maximum Gasteiger partial charge on any atom is 0.221 e. The first-order valence-corrected chi connectivity index (χ1v) is 5.03. The fourth-order valence-corrected chi connectivity index (χ4v) is 2.09. The number of thiophene rings is 1. The molecular weight excluding hydrogens is 184 g/mol. The lowest BCUT2D eigenvalue weighted by Gasteiger charge is -2.09. The second-order valence-corrected chi connectivity index (χ2v) is 3.90. The summed E-state index contributed by atoms with van der Waals surface area (Å²) in [5.74, 6) is -0.0136. The Morgan fingerprint density at radius 3 is 2.92 bits per heavy atom. The molecule has 0 aliphatic carbocycles. The highest BCUT2D eigenvalue weighted by Gasteiger charge is 2.13. The van der Waals surface area contributed by atoms with Crippen molar-refractivity contribution in [3.63, 3.8) is 0 Å². The minimum Gasteiger partial charge on any atom is -0.359 e. The highest BCUT2D eigenvalue weighted by molar-refractivity contribution is 7.10. The van der Waals surface area contributed by atoms with Crippen molar-refractivity contribution >= 4 is 17.2 Å². The third-order valence-electron chi connectivity index (χ3n) is 1.92. The van der Waals surface area contributed by atoms with Crippen LogP contribution in [0.3, 0.4) is 0 Å². The van der Waals surface area contributed by atoms with E-state index >= 15 is 0 Å². The van der Waals surface area contributed by atoms with Crippen LogP contribution in [0.1, 0.15) is 22.9 Å². The predicted molar refractivity (Wildman–Crippen MR) is 54.7 cm³/mol. The standard InChI is InChI=1S/C9H14N2OS/c1-6-3-4-13-9(6)7(10)5-8(12)11-2/h3-4,7H,5,10H2,1-2H3,(H,11,12). The SMILES string of the molecule is CNC(=O)CC(N)c1sccc1C. The molecule has 3 nitrogen and oxygen atoms in total. The van der Waals surface area contributed by atoms with Gasteiger partial charge < -0.3 is 11.1 Å². The lowest BCUT2D eigenvalue weighted by Crippen LogP contribution is -2.23. The van der Waals surface area contributed by atoms with E-state index in [0.29, 0.717) is 6.42 Å². The third-order valence-corrected chi connectivity index (χ3v) is 3.07. The number of nitrogens with one attached hydrogen (secondary N) is 1. The molecule has 1 heterocycles. The van der Waals surface area contributed by atoms with Gasteiger partial charge in [0.25, 0.3) is 0 Å². The summed E-state index contributed by atoms with van der Waals surface area (Å²) >= 11 is 1.61. The van der Waals surface area contributed by atoms with E-state index in [0.717, 1.165) is 4.88 Å². The number of carbonyl (C=O) groups excluding carboxylic acids is 1. The van der Waals surface area contributed by atoms with Gasteiger partial charge in [-0.3, -0.25) is 4.79 Å². The monoisotopic (exact) mass is 198 g/mol. The molecule has 0 spiro atoms. The molecule has 1 unspecified atom stereocenters. The van der Waals surface area contributed by atoms with E-state index in [2.05, 4.69) is 5.32 Å². The minimum absolute atomic E-state index is 0.0136. The first kappa shape index (κ1) is 10.2. The quantitative estimate of drug-likeness (QED) is 0.766. The molecule has 0 saturated carbocycles. The van der Waals surface area contributed by atoms with Crippen LogP contribution in [0.2, 0.25) is 0 Å². The summed E-state index contributed by atoms with van der Waals surface area (Å²) in [6, 6.07) is 1.85. The average molecular weight is 198 g/mol. The molecular formula is C9H14N2OS. The van der Waals surface area contributed by atoms with Crippen LogP contribution < -0.4 is 11.1 Å². The lowest BCUT2D eigenvalue weighted by atomic mass is 10.1. The zero-order chi connectivity index (χ0) is 9.84. The van der Waals surface area contributed by atoms with Crippen molar-refractivity contribution in [2.75, 3.05) is 7.05 Å². The molecule has 72 valence electrons. The number of nitrogens with two attached hydrogens (primary N) is 1. The summed E-state index contributed by atoms with van der Waals surface area (Å²) in [4.78, 5) is 12.1. The molecule has 0 saturated heterocycles. The van der Waals surface area contributed by atoms with Crippen molar-refractivity contribution in [1.29, 1.82) is 0 Å². The fraction of sp³-hybridized carbons (Fsp3) is 0.444. The van der Waals surface area contributed by atoms with Gasteiger partial charge in [0.1, 0.15) is 0 Å². The molecule has 4 heteroatoms. The Balaban J connectivity index is 2.63. The van der Waals surface area contributed by atoms with Gasteiger partial charge in [-0.2, -0.15) is 0 Å². The summed E-state index contributed by atoms with van der Waals surface area (Å²) in [5, 5.41) is 4.56. The average Bonchev–Trinajstić information content (AvgIpc) is 2.51. The van der Waals surface area contributed by atoms with E-state index in [9.17, 15) is 4.79 Å². The van der Waals surface area contributed by atoms with Crippen molar-refractivity contribution in [2.45, 2.75) is 19.4 Å². The summed E-state index contributed by atoms with van der Waals surface area (Å²) in [5.41, 5.74) is 7.03. The minimum atomic E-state index is -0.167. The van der Waals surface area contributed by atoms with Crippen molar-refractivity contribution in [3.8, 4) is 0 Å². The number of amides is 1. The number of hydrogen-bond donors (Lipinski definition) is 2. The van der Waals surface area contributed by atoms with E-state index in [1.807, 2.05) is 18.4 Å². The first-order valence-electron chi connectivity index (χ1n) is 4.15. The smallest absolute Gasteiger partial charge is 0.221 e. The lowest BCUT2D eigenvalue weighted by molar-refractivity contribution is -0.120. The Morgan fingerprint density at radius 2 is 2.46 bits per heavy atom. The van der Waals surface area contributed by atoms with Crippen molar-refractivity contribution in [3.05, 3.63) is 21.9 Å². The Bertz CT molecular complexity index is 296. The third kappa shape index (κ3) is 2.54. The largest absolute Gasteiger partial charge is 0.359 e. The van der Waals surface area contributed by atoms with Gasteiger partial charge >= 0.3 is 0 Å². The maximum atomic E-state index is 11.0. The topological polar surface area (TPSA) is 55.1 Å². The molecule has 1 aromatic rings. The Morgan fingerprint density at radius 1 is 1.77 bits per heavy atom. The van der Waals surface area contributed by atoms with Gasteiger partial charge in [-0.05, 0) is 23.9 Å². The molecule has 0 aromatic carbocycles. The zero-order valence-corrected chi connectivity index (χ0v) is 8.65. The molecule has 13 heavy (non-hydrogen) atoms. The van der Waals surface area contributed by atoms with E-state index in [1.165, 1.54) is 5.56 Å². The Labute approximate surface area is 81.9 Å². The van der Waals surface area contributed by atoms with Crippen LogP contribution in [0.25, 0.3) is 0 Å². The highest BCUT2D eigenvalue weighted by Crippen LogP contribution is 2.23. The molecule has 3 N–H and O–H groups in total.